The highest BCUT2D eigenvalue weighted by atomic mass is 35.5. The molecule has 1 aromatic carbocycles. The number of ether oxygens (including phenoxy) is 1. The summed E-state index contributed by atoms with van der Waals surface area (Å²) in [5.74, 6) is 0.946. The van der Waals surface area contributed by atoms with E-state index in [1.165, 1.54) is 18.4 Å². The summed E-state index contributed by atoms with van der Waals surface area (Å²) in [7, 11) is 1.72. The van der Waals surface area contributed by atoms with Gasteiger partial charge in [0.1, 0.15) is 5.75 Å². The molecule has 1 fully saturated rings. The van der Waals surface area contributed by atoms with Crippen LogP contribution in [-0.4, -0.2) is 13.7 Å². The lowest BCUT2D eigenvalue weighted by atomic mass is 9.93. The lowest BCUT2D eigenvalue weighted by Gasteiger charge is -2.27. The van der Waals surface area contributed by atoms with Gasteiger partial charge in [0.2, 0.25) is 0 Å². The molecule has 16 heavy (non-hydrogen) atoms. The van der Waals surface area contributed by atoms with Gasteiger partial charge < -0.3 is 10.1 Å². The van der Waals surface area contributed by atoms with E-state index in [1.54, 1.807) is 7.11 Å². The molecule has 1 aliphatic rings. The van der Waals surface area contributed by atoms with Gasteiger partial charge in [-0.1, -0.05) is 18.0 Å². The predicted octanol–water partition coefficient (Wildman–Crippen LogP) is 3.47. The average molecular weight is 240 g/mol. The van der Waals surface area contributed by atoms with Crippen LogP contribution in [0.3, 0.4) is 0 Å². The third kappa shape index (κ3) is 2.18. The number of rotatable bonds is 2. The second-order valence-electron chi connectivity index (χ2n) is 4.29. The average Bonchev–Trinajstić information content (AvgIpc) is 2.33. The Hall–Kier alpha value is -0.730. The molecular formula is C13H18ClNO. The van der Waals surface area contributed by atoms with E-state index in [0.29, 0.717) is 6.04 Å². The number of piperidine rings is 1. The number of benzene rings is 1. The van der Waals surface area contributed by atoms with E-state index < -0.39 is 0 Å². The van der Waals surface area contributed by atoms with Crippen LogP contribution in [0.5, 0.6) is 5.75 Å². The molecule has 0 radical (unpaired) electrons. The molecule has 0 aliphatic carbocycles. The predicted molar refractivity (Wildman–Crippen MR) is 67.3 cm³/mol. The van der Waals surface area contributed by atoms with Crippen LogP contribution in [-0.2, 0) is 0 Å². The first-order valence-electron chi connectivity index (χ1n) is 5.80. The van der Waals surface area contributed by atoms with Crippen molar-refractivity contribution in [2.75, 3.05) is 13.7 Å². The molecule has 0 amide bonds. The van der Waals surface area contributed by atoms with Gasteiger partial charge in [-0.25, -0.2) is 0 Å². The van der Waals surface area contributed by atoms with E-state index in [2.05, 4.69) is 12.2 Å². The summed E-state index contributed by atoms with van der Waals surface area (Å²) in [5.41, 5.74) is 2.37. The van der Waals surface area contributed by atoms with Crippen LogP contribution in [0.4, 0.5) is 0 Å². The topological polar surface area (TPSA) is 21.3 Å². The van der Waals surface area contributed by atoms with Crippen molar-refractivity contribution in [3.05, 3.63) is 28.3 Å². The molecule has 0 saturated carbocycles. The Morgan fingerprint density at radius 2 is 2.19 bits per heavy atom. The standard InChI is InChI=1S/C13H18ClNO/c1-9-10(14)6-7-12(16-2)13(9)11-5-3-4-8-15-11/h6-7,11,15H,3-5,8H2,1-2H3. The molecule has 1 aliphatic heterocycles. The van der Waals surface area contributed by atoms with Crippen LogP contribution >= 0.6 is 11.6 Å². The van der Waals surface area contributed by atoms with E-state index in [9.17, 15) is 0 Å². The van der Waals surface area contributed by atoms with Gasteiger partial charge in [-0.3, -0.25) is 0 Å². The summed E-state index contributed by atoms with van der Waals surface area (Å²) >= 11 is 6.18. The van der Waals surface area contributed by atoms with Gasteiger partial charge in [0, 0.05) is 16.6 Å². The Balaban J connectivity index is 2.39. The van der Waals surface area contributed by atoms with Gasteiger partial charge in [-0.2, -0.15) is 0 Å². The third-order valence-corrected chi connectivity index (χ3v) is 3.70. The van der Waals surface area contributed by atoms with E-state index in [4.69, 9.17) is 16.3 Å². The molecule has 1 saturated heterocycles. The van der Waals surface area contributed by atoms with Gasteiger partial charge in [-0.15, -0.1) is 0 Å². The summed E-state index contributed by atoms with van der Waals surface area (Å²) in [6.07, 6.45) is 3.70. The molecule has 0 aromatic heterocycles. The van der Waals surface area contributed by atoms with E-state index >= 15 is 0 Å². The molecule has 1 atom stereocenters. The number of hydrogen-bond donors (Lipinski definition) is 1. The van der Waals surface area contributed by atoms with Crippen molar-refractivity contribution in [1.29, 1.82) is 0 Å². The Bertz CT molecular complexity index is 372. The maximum Gasteiger partial charge on any atom is 0.124 e. The summed E-state index contributed by atoms with van der Waals surface area (Å²) in [6.45, 7) is 3.15. The van der Waals surface area contributed by atoms with Gasteiger partial charge in [0.25, 0.3) is 0 Å². The van der Waals surface area contributed by atoms with Crippen molar-refractivity contribution >= 4 is 11.6 Å². The van der Waals surface area contributed by atoms with Crippen LogP contribution in [0.15, 0.2) is 12.1 Å². The molecule has 2 nitrogen and oxygen atoms in total. The summed E-state index contributed by atoms with van der Waals surface area (Å²) < 4.78 is 5.44. The highest BCUT2D eigenvalue weighted by Crippen LogP contribution is 2.36. The zero-order valence-corrected chi connectivity index (χ0v) is 10.6. The summed E-state index contributed by atoms with van der Waals surface area (Å²) in [6, 6.07) is 4.26. The Morgan fingerprint density at radius 1 is 1.38 bits per heavy atom. The fraction of sp³-hybridized carbons (Fsp3) is 0.538. The molecule has 3 heteroatoms. The monoisotopic (exact) mass is 239 g/mol. The van der Waals surface area contributed by atoms with E-state index in [-0.39, 0.29) is 0 Å². The lowest BCUT2D eigenvalue weighted by molar-refractivity contribution is 0.372. The minimum Gasteiger partial charge on any atom is -0.496 e. The zero-order valence-electron chi connectivity index (χ0n) is 9.85. The van der Waals surface area contributed by atoms with Crippen LogP contribution in [0.1, 0.15) is 36.4 Å². The molecule has 0 bridgehead atoms. The normalized spacial score (nSPS) is 20.8. The first-order valence-corrected chi connectivity index (χ1v) is 6.18. The third-order valence-electron chi connectivity index (χ3n) is 3.29. The van der Waals surface area contributed by atoms with E-state index in [1.807, 2.05) is 12.1 Å². The SMILES string of the molecule is COc1ccc(Cl)c(C)c1C1CCCCN1. The fourth-order valence-electron chi connectivity index (χ4n) is 2.39. The lowest BCUT2D eigenvalue weighted by Crippen LogP contribution is -2.27. The zero-order chi connectivity index (χ0) is 11.5. The molecule has 1 N–H and O–H groups in total. The first-order chi connectivity index (χ1) is 7.74. The number of halogens is 1. The molecular weight excluding hydrogens is 222 g/mol. The minimum atomic E-state index is 0.391. The first kappa shape index (κ1) is 11.7. The second-order valence-corrected chi connectivity index (χ2v) is 4.70. The molecule has 1 aromatic rings. The molecule has 88 valence electrons. The van der Waals surface area contributed by atoms with Crippen molar-refractivity contribution in [3.63, 3.8) is 0 Å². The van der Waals surface area contributed by atoms with Crippen molar-refractivity contribution in [2.45, 2.75) is 32.2 Å². The maximum absolute atomic E-state index is 6.18. The van der Waals surface area contributed by atoms with Crippen LogP contribution in [0, 0.1) is 6.92 Å². The number of nitrogens with one attached hydrogen (secondary N) is 1. The Kier molecular flexibility index (Phi) is 3.72. The largest absolute Gasteiger partial charge is 0.496 e. The highest BCUT2D eigenvalue weighted by Gasteiger charge is 2.21. The van der Waals surface area contributed by atoms with Crippen LogP contribution in [0.2, 0.25) is 5.02 Å². The molecule has 1 unspecified atom stereocenters. The molecule has 2 rings (SSSR count). The smallest absolute Gasteiger partial charge is 0.124 e. The van der Waals surface area contributed by atoms with Gasteiger partial charge in [-0.05, 0) is 44.0 Å². The number of methoxy groups -OCH3 is 1. The van der Waals surface area contributed by atoms with Crippen LogP contribution in [0.25, 0.3) is 0 Å². The van der Waals surface area contributed by atoms with Gasteiger partial charge in [0.05, 0.1) is 7.11 Å². The quantitative estimate of drug-likeness (QED) is 0.853. The second kappa shape index (κ2) is 5.07. The van der Waals surface area contributed by atoms with Crippen molar-refractivity contribution in [2.24, 2.45) is 0 Å². The maximum atomic E-state index is 6.18. The minimum absolute atomic E-state index is 0.391. The van der Waals surface area contributed by atoms with Gasteiger partial charge >= 0.3 is 0 Å². The molecule has 1 heterocycles. The highest BCUT2D eigenvalue weighted by molar-refractivity contribution is 6.31. The summed E-state index contributed by atoms with van der Waals surface area (Å²) in [4.78, 5) is 0. The fourth-order valence-corrected chi connectivity index (χ4v) is 2.55. The van der Waals surface area contributed by atoms with Crippen molar-refractivity contribution < 1.29 is 4.74 Å². The van der Waals surface area contributed by atoms with Crippen molar-refractivity contribution in [1.82, 2.24) is 5.32 Å². The van der Waals surface area contributed by atoms with Gasteiger partial charge in [0.15, 0.2) is 0 Å². The molecule has 0 spiro atoms. The van der Waals surface area contributed by atoms with Crippen molar-refractivity contribution in [3.8, 4) is 5.75 Å². The Morgan fingerprint density at radius 3 is 2.81 bits per heavy atom. The number of hydrogen-bond acceptors (Lipinski definition) is 2. The van der Waals surface area contributed by atoms with E-state index in [0.717, 1.165) is 29.3 Å². The Labute approximate surface area is 102 Å². The summed E-state index contributed by atoms with van der Waals surface area (Å²) in [5, 5.41) is 4.36. The van der Waals surface area contributed by atoms with Crippen LogP contribution < -0.4 is 10.1 Å².